The van der Waals surface area contributed by atoms with Crippen LogP contribution >= 0.6 is 12.2 Å². The molecule has 0 fully saturated rings. The number of thiocarbonyl (C=S) groups is 1. The SMILES string of the molecule is Cc1cc(C(=O)NN(CC(C)C)C(N)=S)nn1C. The van der Waals surface area contributed by atoms with E-state index in [2.05, 4.69) is 10.5 Å². The molecule has 0 aliphatic carbocycles. The second kappa shape index (κ2) is 5.81. The lowest BCUT2D eigenvalue weighted by atomic mass is 10.2. The van der Waals surface area contributed by atoms with Crippen LogP contribution < -0.4 is 11.2 Å². The highest BCUT2D eigenvalue weighted by Crippen LogP contribution is 2.02. The van der Waals surface area contributed by atoms with Gasteiger partial charge in [-0.1, -0.05) is 13.8 Å². The zero-order valence-electron chi connectivity index (χ0n) is 11.1. The molecule has 1 amide bonds. The van der Waals surface area contributed by atoms with Gasteiger partial charge in [-0.25, -0.2) is 0 Å². The maximum absolute atomic E-state index is 12.0. The van der Waals surface area contributed by atoms with Crippen LogP contribution in [0.2, 0.25) is 0 Å². The topological polar surface area (TPSA) is 76.2 Å². The Kier molecular flexibility index (Phi) is 4.66. The van der Waals surface area contributed by atoms with Crippen molar-refractivity contribution in [3.8, 4) is 0 Å². The molecule has 0 bridgehead atoms. The minimum atomic E-state index is -0.313. The number of amides is 1. The Balaban J connectivity index is 2.75. The third-order valence-electron chi connectivity index (χ3n) is 2.40. The van der Waals surface area contributed by atoms with Crippen molar-refractivity contribution in [3.63, 3.8) is 0 Å². The Labute approximate surface area is 112 Å². The molecule has 1 aromatic heterocycles. The third kappa shape index (κ3) is 3.69. The Bertz CT molecular complexity index is 435. The van der Waals surface area contributed by atoms with Crippen molar-refractivity contribution in [1.29, 1.82) is 0 Å². The second-order valence-electron chi connectivity index (χ2n) is 4.58. The maximum atomic E-state index is 12.0. The smallest absolute Gasteiger partial charge is 0.290 e. The summed E-state index contributed by atoms with van der Waals surface area (Å²) in [4.78, 5) is 12.0. The molecular weight excluding hydrogens is 250 g/mol. The molecule has 1 aromatic rings. The van der Waals surface area contributed by atoms with Gasteiger partial charge in [0.2, 0.25) is 0 Å². The van der Waals surface area contributed by atoms with Crippen molar-refractivity contribution < 1.29 is 4.79 Å². The average molecular weight is 269 g/mol. The second-order valence-corrected chi connectivity index (χ2v) is 5.00. The van der Waals surface area contributed by atoms with E-state index in [1.165, 1.54) is 5.01 Å². The van der Waals surface area contributed by atoms with E-state index in [-0.39, 0.29) is 11.0 Å². The number of hydrogen-bond donors (Lipinski definition) is 2. The van der Waals surface area contributed by atoms with Crippen LogP contribution in [0.5, 0.6) is 0 Å². The lowest BCUT2D eigenvalue weighted by Gasteiger charge is -2.24. The van der Waals surface area contributed by atoms with Crippen LogP contribution in [0.4, 0.5) is 0 Å². The minimum Gasteiger partial charge on any atom is -0.375 e. The number of nitrogens with zero attached hydrogens (tertiary/aromatic N) is 3. The molecule has 0 unspecified atom stereocenters. The normalized spacial score (nSPS) is 10.5. The van der Waals surface area contributed by atoms with Gasteiger partial charge in [-0.05, 0) is 31.1 Å². The van der Waals surface area contributed by atoms with Crippen LogP contribution in [-0.4, -0.2) is 32.4 Å². The van der Waals surface area contributed by atoms with Crippen LogP contribution in [0.15, 0.2) is 6.07 Å². The highest BCUT2D eigenvalue weighted by atomic mass is 32.1. The van der Waals surface area contributed by atoms with Crippen LogP contribution in [0, 0.1) is 12.8 Å². The fraction of sp³-hybridized carbons (Fsp3) is 0.545. The molecule has 0 aliphatic rings. The zero-order chi connectivity index (χ0) is 13.9. The molecule has 0 aliphatic heterocycles. The van der Waals surface area contributed by atoms with Crippen molar-refractivity contribution in [3.05, 3.63) is 17.5 Å². The first-order valence-electron chi connectivity index (χ1n) is 5.70. The number of carbonyl (C=O) groups excluding carboxylic acids is 1. The number of carbonyl (C=O) groups is 1. The predicted molar refractivity (Wildman–Crippen MR) is 73.7 cm³/mol. The molecule has 0 radical (unpaired) electrons. The van der Waals surface area contributed by atoms with Crippen molar-refractivity contribution >= 4 is 23.2 Å². The van der Waals surface area contributed by atoms with Crippen molar-refractivity contribution in [2.24, 2.45) is 18.7 Å². The molecule has 0 spiro atoms. The third-order valence-corrected chi connectivity index (χ3v) is 2.62. The van der Waals surface area contributed by atoms with Gasteiger partial charge in [0.25, 0.3) is 5.91 Å². The number of hydrazine groups is 1. The van der Waals surface area contributed by atoms with Crippen LogP contribution in [0.25, 0.3) is 0 Å². The largest absolute Gasteiger partial charge is 0.375 e. The van der Waals surface area contributed by atoms with Crippen molar-refractivity contribution in [1.82, 2.24) is 20.2 Å². The fourth-order valence-corrected chi connectivity index (χ4v) is 1.53. The quantitative estimate of drug-likeness (QED) is 0.620. The molecule has 7 heteroatoms. The summed E-state index contributed by atoms with van der Waals surface area (Å²) in [5.41, 5.74) is 9.48. The molecule has 0 saturated heterocycles. The van der Waals surface area contributed by atoms with Crippen molar-refractivity contribution in [2.45, 2.75) is 20.8 Å². The molecule has 0 aromatic carbocycles. The lowest BCUT2D eigenvalue weighted by Crippen LogP contribution is -2.50. The molecule has 3 N–H and O–H groups in total. The van der Waals surface area contributed by atoms with Crippen LogP contribution in [0.3, 0.4) is 0 Å². The summed E-state index contributed by atoms with van der Waals surface area (Å²) in [5, 5.41) is 5.70. The molecule has 1 heterocycles. The number of nitrogens with two attached hydrogens (primary N) is 1. The Hall–Kier alpha value is -1.63. The lowest BCUT2D eigenvalue weighted by molar-refractivity contribution is 0.0857. The van der Waals surface area contributed by atoms with E-state index < -0.39 is 0 Å². The zero-order valence-corrected chi connectivity index (χ0v) is 11.9. The molecule has 18 heavy (non-hydrogen) atoms. The maximum Gasteiger partial charge on any atom is 0.290 e. The van der Waals surface area contributed by atoms with Crippen molar-refractivity contribution in [2.75, 3.05) is 6.54 Å². The van der Waals surface area contributed by atoms with E-state index >= 15 is 0 Å². The first kappa shape index (κ1) is 14.4. The minimum absolute atomic E-state index is 0.143. The van der Waals surface area contributed by atoms with Gasteiger partial charge in [0.1, 0.15) is 0 Å². The van der Waals surface area contributed by atoms with E-state index in [1.807, 2.05) is 20.8 Å². The highest BCUT2D eigenvalue weighted by Gasteiger charge is 2.16. The standard InChI is InChI=1S/C11H19N5OS/c1-7(2)6-16(11(12)18)14-10(17)9-5-8(3)15(4)13-9/h5,7H,6H2,1-4H3,(H2,12,18)(H,14,17). The molecule has 1 rings (SSSR count). The Morgan fingerprint density at radius 1 is 1.67 bits per heavy atom. The molecule has 6 nitrogen and oxygen atoms in total. The van der Waals surface area contributed by atoms with Gasteiger partial charge in [0.05, 0.1) is 0 Å². The summed E-state index contributed by atoms with van der Waals surface area (Å²) in [6.07, 6.45) is 0. The number of nitrogens with one attached hydrogen (secondary N) is 1. The van der Waals surface area contributed by atoms with E-state index in [1.54, 1.807) is 17.8 Å². The monoisotopic (exact) mass is 269 g/mol. The summed E-state index contributed by atoms with van der Waals surface area (Å²) in [7, 11) is 1.78. The van der Waals surface area contributed by atoms with Crippen LogP contribution in [-0.2, 0) is 7.05 Å². The number of aromatic nitrogens is 2. The van der Waals surface area contributed by atoms with E-state index in [0.29, 0.717) is 18.2 Å². The van der Waals surface area contributed by atoms with Gasteiger partial charge >= 0.3 is 0 Å². The van der Waals surface area contributed by atoms with Gasteiger partial charge in [0.15, 0.2) is 10.8 Å². The number of hydrogen-bond acceptors (Lipinski definition) is 3. The Morgan fingerprint density at radius 3 is 2.67 bits per heavy atom. The number of aryl methyl sites for hydroxylation is 2. The summed E-state index contributed by atoms with van der Waals surface area (Å²) in [5.74, 6) is 0.0180. The Morgan fingerprint density at radius 2 is 2.28 bits per heavy atom. The van der Waals surface area contributed by atoms with Gasteiger partial charge < -0.3 is 5.73 Å². The van der Waals surface area contributed by atoms with Gasteiger partial charge in [-0.3, -0.25) is 19.9 Å². The predicted octanol–water partition coefficient (Wildman–Crippen LogP) is 0.575. The summed E-state index contributed by atoms with van der Waals surface area (Å²) in [6, 6.07) is 1.71. The molecule has 100 valence electrons. The molecule has 0 saturated carbocycles. The highest BCUT2D eigenvalue weighted by molar-refractivity contribution is 7.80. The molecular formula is C11H19N5OS. The van der Waals surface area contributed by atoms with E-state index in [9.17, 15) is 4.79 Å². The van der Waals surface area contributed by atoms with E-state index in [0.717, 1.165) is 5.69 Å². The first-order chi connectivity index (χ1) is 8.31. The van der Waals surface area contributed by atoms with Gasteiger partial charge in [-0.15, -0.1) is 0 Å². The van der Waals surface area contributed by atoms with E-state index in [4.69, 9.17) is 18.0 Å². The number of rotatable bonds is 3. The van der Waals surface area contributed by atoms with Crippen LogP contribution in [0.1, 0.15) is 30.0 Å². The summed E-state index contributed by atoms with van der Waals surface area (Å²) in [6.45, 7) is 6.47. The van der Waals surface area contributed by atoms with Gasteiger partial charge in [-0.2, -0.15) is 5.10 Å². The fourth-order valence-electron chi connectivity index (χ4n) is 1.41. The average Bonchev–Trinajstić information content (AvgIpc) is 2.57. The first-order valence-corrected chi connectivity index (χ1v) is 6.10. The summed E-state index contributed by atoms with van der Waals surface area (Å²) >= 11 is 4.90. The summed E-state index contributed by atoms with van der Waals surface area (Å²) < 4.78 is 1.64. The van der Waals surface area contributed by atoms with Gasteiger partial charge in [0, 0.05) is 19.3 Å². The molecule has 0 atom stereocenters.